The summed E-state index contributed by atoms with van der Waals surface area (Å²) in [7, 11) is -3.21. The Morgan fingerprint density at radius 3 is 2.64 bits per heavy atom. The third-order valence-electron chi connectivity index (χ3n) is 5.07. The van der Waals surface area contributed by atoms with Crippen molar-refractivity contribution in [1.82, 2.24) is 4.72 Å². The molecule has 0 bridgehead atoms. The van der Waals surface area contributed by atoms with Crippen molar-refractivity contribution in [3.05, 3.63) is 29.3 Å². The molecule has 2 unspecified atom stereocenters. The highest BCUT2D eigenvalue weighted by molar-refractivity contribution is 7.90. The molecule has 0 heterocycles. The van der Waals surface area contributed by atoms with Gasteiger partial charge >= 0.3 is 0 Å². The minimum Gasteiger partial charge on any atom is -0.326 e. The highest BCUT2D eigenvalue weighted by atomic mass is 32.2. The first-order valence-electron chi connectivity index (χ1n) is 9.12. The van der Waals surface area contributed by atoms with Gasteiger partial charge in [-0.15, -0.1) is 0 Å². The maximum Gasteiger partial charge on any atom is 0.224 e. The van der Waals surface area contributed by atoms with E-state index in [4.69, 9.17) is 0 Å². The number of sulfonamides is 1. The molecule has 0 fully saturated rings. The standard InChI is InChI=1S/C19H30N2O3S/c1-13(2)25(23,24)20-10-6-5-7-19(22)21-17-8-9-18-15(4)14(3)11-16(18)12-17/h8-9,12-15,20H,5-7,10-11H2,1-4H3,(H,21,22). The molecule has 1 aromatic carbocycles. The molecule has 0 aliphatic heterocycles. The lowest BCUT2D eigenvalue weighted by Crippen LogP contribution is -2.31. The summed E-state index contributed by atoms with van der Waals surface area (Å²) >= 11 is 0. The average Bonchev–Trinajstić information content (AvgIpc) is 2.81. The number of unbranched alkanes of at least 4 members (excludes halogenated alkanes) is 1. The van der Waals surface area contributed by atoms with E-state index in [0.29, 0.717) is 37.6 Å². The van der Waals surface area contributed by atoms with Crippen molar-refractivity contribution in [3.8, 4) is 0 Å². The zero-order valence-electron chi connectivity index (χ0n) is 15.6. The van der Waals surface area contributed by atoms with Crippen LogP contribution in [-0.2, 0) is 21.2 Å². The lowest BCUT2D eigenvalue weighted by atomic mass is 9.97. The van der Waals surface area contributed by atoms with Crippen molar-refractivity contribution in [2.75, 3.05) is 11.9 Å². The fourth-order valence-corrected chi connectivity index (χ4v) is 3.91. The van der Waals surface area contributed by atoms with Crippen LogP contribution in [0.2, 0.25) is 0 Å². The molecular weight excluding hydrogens is 336 g/mol. The number of amides is 1. The molecule has 6 heteroatoms. The van der Waals surface area contributed by atoms with Crippen LogP contribution in [0.4, 0.5) is 5.69 Å². The Morgan fingerprint density at radius 1 is 1.24 bits per heavy atom. The summed E-state index contributed by atoms with van der Waals surface area (Å²) in [4.78, 5) is 12.1. The van der Waals surface area contributed by atoms with Crippen LogP contribution >= 0.6 is 0 Å². The summed E-state index contributed by atoms with van der Waals surface area (Å²) in [5, 5.41) is 2.52. The Kier molecular flexibility index (Phi) is 6.63. The molecule has 1 aliphatic rings. The number of carbonyl (C=O) groups excluding carboxylic acids is 1. The van der Waals surface area contributed by atoms with E-state index in [-0.39, 0.29) is 5.91 Å². The van der Waals surface area contributed by atoms with E-state index in [9.17, 15) is 13.2 Å². The van der Waals surface area contributed by atoms with Gasteiger partial charge in [-0.3, -0.25) is 4.79 Å². The molecule has 1 aliphatic carbocycles. The predicted molar refractivity (Wildman–Crippen MR) is 102 cm³/mol. The molecule has 1 aromatic rings. The summed E-state index contributed by atoms with van der Waals surface area (Å²) in [5.41, 5.74) is 3.58. The lowest BCUT2D eigenvalue weighted by molar-refractivity contribution is -0.116. The van der Waals surface area contributed by atoms with E-state index >= 15 is 0 Å². The van der Waals surface area contributed by atoms with Crippen molar-refractivity contribution in [2.24, 2.45) is 5.92 Å². The summed E-state index contributed by atoms with van der Waals surface area (Å²) in [6, 6.07) is 6.19. The van der Waals surface area contributed by atoms with Crippen molar-refractivity contribution in [2.45, 2.75) is 64.5 Å². The normalized spacial score (nSPS) is 19.9. The second kappa shape index (κ2) is 8.32. The molecule has 0 saturated heterocycles. The van der Waals surface area contributed by atoms with Crippen molar-refractivity contribution >= 4 is 21.6 Å². The van der Waals surface area contributed by atoms with Crippen molar-refractivity contribution < 1.29 is 13.2 Å². The quantitative estimate of drug-likeness (QED) is 0.692. The van der Waals surface area contributed by atoms with Crippen LogP contribution in [0.15, 0.2) is 18.2 Å². The number of fused-ring (bicyclic) bond motifs is 1. The van der Waals surface area contributed by atoms with Gasteiger partial charge in [0, 0.05) is 18.7 Å². The lowest BCUT2D eigenvalue weighted by Gasteiger charge is -2.11. The maximum atomic E-state index is 12.1. The highest BCUT2D eigenvalue weighted by Gasteiger charge is 2.25. The van der Waals surface area contributed by atoms with Gasteiger partial charge in [-0.1, -0.05) is 19.9 Å². The zero-order chi connectivity index (χ0) is 18.6. The summed E-state index contributed by atoms with van der Waals surface area (Å²) < 4.78 is 25.8. The van der Waals surface area contributed by atoms with Crippen LogP contribution in [-0.4, -0.2) is 26.1 Å². The molecule has 0 aromatic heterocycles. The van der Waals surface area contributed by atoms with Gasteiger partial charge in [0.15, 0.2) is 0 Å². The number of carbonyl (C=O) groups is 1. The van der Waals surface area contributed by atoms with Gasteiger partial charge in [0.25, 0.3) is 0 Å². The van der Waals surface area contributed by atoms with Gasteiger partial charge in [0.2, 0.25) is 15.9 Å². The minimum atomic E-state index is -3.21. The van der Waals surface area contributed by atoms with Crippen LogP contribution in [0.25, 0.3) is 0 Å². The largest absolute Gasteiger partial charge is 0.326 e. The van der Waals surface area contributed by atoms with Gasteiger partial charge < -0.3 is 5.32 Å². The van der Waals surface area contributed by atoms with Crippen LogP contribution in [0.1, 0.15) is 64.0 Å². The SMILES string of the molecule is CC1Cc2cc(NC(=O)CCCCNS(=O)(=O)C(C)C)ccc2C1C. The Hall–Kier alpha value is -1.40. The van der Waals surface area contributed by atoms with Gasteiger partial charge in [-0.2, -0.15) is 0 Å². The number of anilines is 1. The molecule has 140 valence electrons. The molecule has 2 atom stereocenters. The Bertz CT molecular complexity index is 713. The maximum absolute atomic E-state index is 12.1. The minimum absolute atomic E-state index is 0.0224. The van der Waals surface area contributed by atoms with Crippen molar-refractivity contribution in [1.29, 1.82) is 0 Å². The molecule has 0 radical (unpaired) electrons. The molecule has 2 rings (SSSR count). The summed E-state index contributed by atoms with van der Waals surface area (Å²) in [5.74, 6) is 1.20. The molecule has 0 saturated carbocycles. The zero-order valence-corrected chi connectivity index (χ0v) is 16.4. The van der Waals surface area contributed by atoms with E-state index in [1.165, 1.54) is 11.1 Å². The third kappa shape index (κ3) is 5.28. The van der Waals surface area contributed by atoms with E-state index in [2.05, 4.69) is 36.0 Å². The van der Waals surface area contributed by atoms with E-state index in [1.807, 2.05) is 6.07 Å². The predicted octanol–water partition coefficient (Wildman–Crippen LogP) is 3.42. The van der Waals surface area contributed by atoms with Gasteiger partial charge in [0.1, 0.15) is 0 Å². The van der Waals surface area contributed by atoms with Gasteiger partial charge in [-0.25, -0.2) is 13.1 Å². The first-order chi connectivity index (χ1) is 11.7. The Morgan fingerprint density at radius 2 is 1.96 bits per heavy atom. The van der Waals surface area contributed by atoms with Crippen molar-refractivity contribution in [3.63, 3.8) is 0 Å². The summed E-state index contributed by atoms with van der Waals surface area (Å²) in [6.07, 6.45) is 2.77. The van der Waals surface area contributed by atoms with Crippen LogP contribution in [0, 0.1) is 5.92 Å². The number of benzene rings is 1. The number of rotatable bonds is 8. The number of hydrogen-bond acceptors (Lipinski definition) is 3. The smallest absolute Gasteiger partial charge is 0.224 e. The molecule has 1 amide bonds. The van der Waals surface area contributed by atoms with E-state index in [0.717, 1.165) is 12.1 Å². The Labute approximate surface area is 151 Å². The van der Waals surface area contributed by atoms with E-state index in [1.54, 1.807) is 13.8 Å². The average molecular weight is 367 g/mol. The van der Waals surface area contributed by atoms with Crippen LogP contribution in [0.3, 0.4) is 0 Å². The molecule has 25 heavy (non-hydrogen) atoms. The fourth-order valence-electron chi connectivity index (χ4n) is 3.15. The number of hydrogen-bond donors (Lipinski definition) is 2. The second-order valence-corrected chi connectivity index (χ2v) is 9.70. The topological polar surface area (TPSA) is 75.3 Å². The molecule has 5 nitrogen and oxygen atoms in total. The number of nitrogens with one attached hydrogen (secondary N) is 2. The molecule has 2 N–H and O–H groups in total. The van der Waals surface area contributed by atoms with Crippen LogP contribution < -0.4 is 10.0 Å². The molecule has 0 spiro atoms. The summed E-state index contributed by atoms with van der Waals surface area (Å²) in [6.45, 7) is 8.18. The fraction of sp³-hybridized carbons (Fsp3) is 0.632. The van der Waals surface area contributed by atoms with E-state index < -0.39 is 15.3 Å². The highest BCUT2D eigenvalue weighted by Crippen LogP contribution is 2.38. The van der Waals surface area contributed by atoms with Gasteiger partial charge in [0.05, 0.1) is 5.25 Å². The third-order valence-corrected chi connectivity index (χ3v) is 6.91. The molecular formula is C19H30N2O3S. The second-order valence-electron chi connectivity index (χ2n) is 7.38. The first-order valence-corrected chi connectivity index (χ1v) is 10.7. The first kappa shape index (κ1) is 19.9. The van der Waals surface area contributed by atoms with Gasteiger partial charge in [-0.05, 0) is 68.2 Å². The Balaban J connectivity index is 1.74. The monoisotopic (exact) mass is 366 g/mol. The van der Waals surface area contributed by atoms with Crippen LogP contribution in [0.5, 0.6) is 0 Å².